The van der Waals surface area contributed by atoms with Gasteiger partial charge < -0.3 is 9.68 Å². The molecule has 0 aromatic rings. The van der Waals surface area contributed by atoms with E-state index in [1.807, 2.05) is 13.1 Å². The average molecular weight is 274 g/mol. The summed E-state index contributed by atoms with van der Waals surface area (Å²) < 4.78 is 5.39. The van der Waals surface area contributed by atoms with E-state index >= 15 is 0 Å². The number of Topliss-reactive ketones (excluding diaryl/α,β-unsaturated/α-hetero) is 1. The maximum atomic E-state index is 11.7. The highest BCUT2D eigenvalue weighted by Gasteiger charge is 2.40. The van der Waals surface area contributed by atoms with Crippen molar-refractivity contribution in [3.05, 3.63) is 0 Å². The van der Waals surface area contributed by atoms with Crippen LogP contribution >= 0.6 is 0 Å². The molecule has 0 aromatic heterocycles. The van der Waals surface area contributed by atoms with Crippen LogP contribution in [0.1, 0.15) is 47.5 Å². The Kier molecular flexibility index (Phi) is 6.23. The van der Waals surface area contributed by atoms with Crippen LogP contribution in [0.3, 0.4) is 0 Å². The number of hydrogen-bond acceptors (Lipinski definition) is 4. The maximum Gasteiger partial charge on any atom is 0.343 e. The van der Waals surface area contributed by atoms with E-state index in [0.717, 1.165) is 0 Å². The quantitative estimate of drug-likeness (QED) is 0.423. The van der Waals surface area contributed by atoms with Gasteiger partial charge in [-0.1, -0.05) is 27.7 Å². The zero-order valence-corrected chi connectivity index (χ0v) is 13.6. The van der Waals surface area contributed by atoms with Gasteiger partial charge in [-0.25, -0.2) is 9.37 Å². The van der Waals surface area contributed by atoms with Crippen molar-refractivity contribution in [3.8, 4) is 0 Å². The van der Waals surface area contributed by atoms with Crippen molar-refractivity contribution in [1.29, 1.82) is 0 Å². The van der Waals surface area contributed by atoms with Gasteiger partial charge in [0.2, 0.25) is 0 Å². The Labute approximate surface area is 111 Å². The third-order valence-corrected chi connectivity index (χ3v) is 7.58. The van der Waals surface area contributed by atoms with Crippen molar-refractivity contribution < 1.29 is 19.1 Å². The molecular weight excluding hydrogens is 248 g/mol. The van der Waals surface area contributed by atoms with Crippen molar-refractivity contribution in [2.24, 2.45) is 5.92 Å². The molecule has 0 amide bonds. The fraction of sp³-hybridized carbons (Fsp3) is 0.846. The first-order valence-electron chi connectivity index (χ1n) is 6.36. The van der Waals surface area contributed by atoms with Gasteiger partial charge in [0, 0.05) is 6.42 Å². The van der Waals surface area contributed by atoms with Crippen molar-refractivity contribution in [2.75, 3.05) is 0 Å². The second kappa shape index (κ2) is 6.47. The molecule has 0 saturated carbocycles. The SMILES string of the molecule is CC(=O)CCC(C)C(=O)OO[Si](C)(C)C(C)(C)C. The summed E-state index contributed by atoms with van der Waals surface area (Å²) in [4.78, 5) is 27.5. The summed E-state index contributed by atoms with van der Waals surface area (Å²) in [5, 5.41) is -0.00406. The molecule has 0 aliphatic carbocycles. The zero-order valence-electron chi connectivity index (χ0n) is 12.6. The van der Waals surface area contributed by atoms with Crippen molar-refractivity contribution in [1.82, 2.24) is 0 Å². The van der Waals surface area contributed by atoms with Crippen LogP contribution in [0.15, 0.2) is 0 Å². The van der Waals surface area contributed by atoms with Gasteiger partial charge in [0.05, 0.1) is 5.92 Å². The fourth-order valence-corrected chi connectivity index (χ4v) is 1.43. The largest absolute Gasteiger partial charge is 0.343 e. The lowest BCUT2D eigenvalue weighted by Crippen LogP contribution is -2.41. The minimum Gasteiger partial charge on any atom is -0.310 e. The van der Waals surface area contributed by atoms with E-state index in [1.54, 1.807) is 6.92 Å². The molecule has 0 N–H and O–H groups in total. The Morgan fingerprint density at radius 2 is 1.72 bits per heavy atom. The minimum atomic E-state index is -2.07. The molecule has 0 aromatic carbocycles. The molecule has 1 atom stereocenters. The first-order valence-corrected chi connectivity index (χ1v) is 9.27. The van der Waals surface area contributed by atoms with Gasteiger partial charge in [0.1, 0.15) is 5.78 Å². The van der Waals surface area contributed by atoms with E-state index in [2.05, 4.69) is 20.8 Å². The van der Waals surface area contributed by atoms with Gasteiger partial charge in [-0.05, 0) is 31.5 Å². The molecule has 106 valence electrons. The lowest BCUT2D eigenvalue weighted by Gasteiger charge is -2.33. The Morgan fingerprint density at radius 1 is 1.22 bits per heavy atom. The predicted octanol–water partition coefficient (Wildman–Crippen LogP) is 3.47. The van der Waals surface area contributed by atoms with Crippen LogP contribution in [0.25, 0.3) is 0 Å². The highest BCUT2D eigenvalue weighted by Crippen LogP contribution is 2.36. The second-order valence-corrected chi connectivity index (χ2v) is 11.1. The maximum absolute atomic E-state index is 11.7. The van der Waals surface area contributed by atoms with Crippen molar-refractivity contribution in [2.45, 2.75) is 65.6 Å². The molecule has 5 heteroatoms. The van der Waals surface area contributed by atoms with E-state index < -0.39 is 8.32 Å². The molecule has 1 unspecified atom stereocenters. The fourth-order valence-electron chi connectivity index (χ4n) is 0.890. The topological polar surface area (TPSA) is 52.6 Å². The van der Waals surface area contributed by atoms with Crippen LogP contribution in [0, 0.1) is 5.92 Å². The van der Waals surface area contributed by atoms with E-state index in [1.165, 1.54) is 6.92 Å². The molecule has 0 spiro atoms. The van der Waals surface area contributed by atoms with E-state index in [4.69, 9.17) is 9.46 Å². The van der Waals surface area contributed by atoms with Gasteiger partial charge in [0.25, 0.3) is 8.32 Å². The normalized spacial score (nSPS) is 14.2. The van der Waals surface area contributed by atoms with Gasteiger partial charge in [0.15, 0.2) is 0 Å². The summed E-state index contributed by atoms with van der Waals surface area (Å²) in [5.74, 6) is -0.611. The van der Waals surface area contributed by atoms with Crippen LogP contribution < -0.4 is 0 Å². The highest BCUT2D eigenvalue weighted by molar-refractivity contribution is 6.73. The third-order valence-electron chi connectivity index (χ3n) is 3.47. The summed E-state index contributed by atoms with van der Waals surface area (Å²) in [6.45, 7) is 13.5. The molecule has 4 nitrogen and oxygen atoms in total. The second-order valence-electron chi connectivity index (χ2n) is 6.39. The Morgan fingerprint density at radius 3 is 2.11 bits per heavy atom. The minimum absolute atomic E-state index is 0.00406. The van der Waals surface area contributed by atoms with Crippen molar-refractivity contribution >= 4 is 20.1 Å². The number of hydrogen-bond donors (Lipinski definition) is 0. The van der Waals surface area contributed by atoms with E-state index in [-0.39, 0.29) is 22.7 Å². The molecule has 0 rings (SSSR count). The Bertz CT molecular complexity index is 305. The van der Waals surface area contributed by atoms with Crippen molar-refractivity contribution in [3.63, 3.8) is 0 Å². The number of rotatable bonds is 6. The van der Waals surface area contributed by atoms with Gasteiger partial charge >= 0.3 is 5.97 Å². The molecule has 0 heterocycles. The first kappa shape index (κ1) is 17.3. The molecule has 0 radical (unpaired) electrons. The molecule has 0 aliphatic rings. The molecule has 0 aliphatic heterocycles. The summed E-state index contributed by atoms with van der Waals surface area (Å²) in [5.41, 5.74) is 0. The summed E-state index contributed by atoms with van der Waals surface area (Å²) in [6.07, 6.45) is 0.908. The molecular formula is C13H26O4Si. The van der Waals surface area contributed by atoms with Gasteiger partial charge in [-0.3, -0.25) is 0 Å². The number of carbonyl (C=O) groups excluding carboxylic acids is 2. The molecule has 0 fully saturated rings. The average Bonchev–Trinajstić information content (AvgIpc) is 2.20. The summed E-state index contributed by atoms with van der Waals surface area (Å²) >= 11 is 0. The first-order chi connectivity index (χ1) is 7.97. The van der Waals surface area contributed by atoms with Crippen LogP contribution in [-0.4, -0.2) is 20.1 Å². The molecule has 0 bridgehead atoms. The van der Waals surface area contributed by atoms with Crippen LogP contribution in [0.2, 0.25) is 18.1 Å². The zero-order chi connectivity index (χ0) is 14.6. The lowest BCUT2D eigenvalue weighted by molar-refractivity contribution is -0.226. The smallest absolute Gasteiger partial charge is 0.310 e. The molecule has 0 saturated heterocycles. The standard InChI is InChI=1S/C13H26O4Si/c1-10(8-9-11(2)14)12(15)16-17-18(6,7)13(3,4)5/h10H,8-9H2,1-7H3. The lowest BCUT2D eigenvalue weighted by atomic mass is 10.0. The number of ketones is 1. The highest BCUT2D eigenvalue weighted by atomic mass is 28.4. The predicted molar refractivity (Wildman–Crippen MR) is 73.5 cm³/mol. The monoisotopic (exact) mass is 274 g/mol. The summed E-state index contributed by atoms with van der Waals surface area (Å²) in [7, 11) is -2.07. The van der Waals surface area contributed by atoms with Gasteiger partial charge in [-0.15, -0.1) is 0 Å². The molecule has 18 heavy (non-hydrogen) atoms. The van der Waals surface area contributed by atoms with E-state index in [0.29, 0.717) is 12.8 Å². The van der Waals surface area contributed by atoms with Crippen LogP contribution in [0.5, 0.6) is 0 Å². The Balaban J connectivity index is 4.22. The number of carbonyl (C=O) groups is 2. The van der Waals surface area contributed by atoms with Gasteiger partial charge in [-0.2, -0.15) is 0 Å². The Hall–Kier alpha value is -0.683. The van der Waals surface area contributed by atoms with Crippen LogP contribution in [-0.2, 0) is 19.1 Å². The summed E-state index contributed by atoms with van der Waals surface area (Å²) in [6, 6.07) is 0. The van der Waals surface area contributed by atoms with Crippen LogP contribution in [0.4, 0.5) is 0 Å². The third kappa shape index (κ3) is 5.77. The van der Waals surface area contributed by atoms with E-state index in [9.17, 15) is 9.59 Å².